The highest BCUT2D eigenvalue weighted by atomic mass is 35.5. The summed E-state index contributed by atoms with van der Waals surface area (Å²) in [5.41, 5.74) is 1.77. The molecule has 1 N–H and O–H groups in total. The van der Waals surface area contributed by atoms with E-state index in [4.69, 9.17) is 21.1 Å². The summed E-state index contributed by atoms with van der Waals surface area (Å²) in [5.74, 6) is 0.545. The van der Waals surface area contributed by atoms with Crippen molar-refractivity contribution < 1.29 is 19.4 Å². The van der Waals surface area contributed by atoms with Gasteiger partial charge >= 0.3 is 5.97 Å². The lowest BCUT2D eigenvalue weighted by molar-refractivity contribution is -0.137. The number of aliphatic carboxylic acids is 1. The molecule has 4 rings (SSSR count). The number of carboxylic acids is 1. The predicted molar refractivity (Wildman–Crippen MR) is 119 cm³/mol. The first kappa shape index (κ1) is 20.1. The first-order valence-corrected chi connectivity index (χ1v) is 10.2. The molecule has 1 aromatic heterocycles. The Kier molecular flexibility index (Phi) is 6.10. The third-order valence-corrected chi connectivity index (χ3v) is 5.25. The van der Waals surface area contributed by atoms with Crippen LogP contribution in [0.15, 0.2) is 66.7 Å². The lowest BCUT2D eigenvalue weighted by Gasteiger charge is -2.09. The number of unbranched alkanes of at least 4 members (excludes halogenated alkanes) is 1. The van der Waals surface area contributed by atoms with E-state index < -0.39 is 5.97 Å². The lowest BCUT2D eigenvalue weighted by atomic mass is 10.1. The molecule has 4 aromatic rings. The van der Waals surface area contributed by atoms with Crippen LogP contribution in [-0.4, -0.2) is 28.9 Å². The molecule has 0 saturated heterocycles. The SMILES string of the molecule is O=C(O)Cn1c2ccccc2c2ccc(OCCCCOc3ccccc3Cl)cc21. The Hall–Kier alpha value is -3.18. The summed E-state index contributed by atoms with van der Waals surface area (Å²) in [4.78, 5) is 11.4. The van der Waals surface area contributed by atoms with E-state index in [9.17, 15) is 9.90 Å². The quantitative estimate of drug-likeness (QED) is 0.347. The zero-order valence-corrected chi connectivity index (χ0v) is 17.1. The Bertz CT molecular complexity index is 1180. The number of hydrogen-bond acceptors (Lipinski definition) is 3. The number of benzene rings is 3. The van der Waals surface area contributed by atoms with Crippen LogP contribution in [0.1, 0.15) is 12.8 Å². The maximum absolute atomic E-state index is 11.4. The fourth-order valence-electron chi connectivity index (χ4n) is 3.56. The molecule has 0 aliphatic carbocycles. The van der Waals surface area contributed by atoms with Gasteiger partial charge in [0.2, 0.25) is 0 Å². The molecule has 0 saturated carbocycles. The van der Waals surface area contributed by atoms with Gasteiger partial charge in [-0.15, -0.1) is 0 Å². The number of ether oxygens (including phenoxy) is 2. The summed E-state index contributed by atoms with van der Waals surface area (Å²) in [6.45, 7) is 1.03. The number of carboxylic acid groups (broad SMARTS) is 1. The van der Waals surface area contributed by atoms with Crippen LogP contribution < -0.4 is 9.47 Å². The van der Waals surface area contributed by atoms with Crippen molar-refractivity contribution in [3.05, 3.63) is 71.8 Å². The second-order valence-corrected chi connectivity index (χ2v) is 7.42. The van der Waals surface area contributed by atoms with Crippen LogP contribution in [0.25, 0.3) is 21.8 Å². The molecule has 0 amide bonds. The maximum Gasteiger partial charge on any atom is 0.323 e. The molecule has 0 atom stereocenters. The highest BCUT2D eigenvalue weighted by Crippen LogP contribution is 2.31. The van der Waals surface area contributed by atoms with E-state index in [1.165, 1.54) is 0 Å². The van der Waals surface area contributed by atoms with Crippen molar-refractivity contribution in [2.45, 2.75) is 19.4 Å². The molecule has 0 radical (unpaired) electrons. The number of hydrogen-bond donors (Lipinski definition) is 1. The maximum atomic E-state index is 11.4. The van der Waals surface area contributed by atoms with Crippen LogP contribution in [0.4, 0.5) is 0 Å². The number of halogens is 1. The largest absolute Gasteiger partial charge is 0.494 e. The van der Waals surface area contributed by atoms with Crippen molar-refractivity contribution in [2.24, 2.45) is 0 Å². The normalized spacial score (nSPS) is 11.1. The summed E-state index contributed by atoms with van der Waals surface area (Å²) >= 11 is 6.08. The predicted octanol–water partition coefficient (Wildman–Crippen LogP) is 5.77. The topological polar surface area (TPSA) is 60.7 Å². The van der Waals surface area contributed by atoms with Gasteiger partial charge in [-0.3, -0.25) is 4.79 Å². The van der Waals surface area contributed by atoms with Gasteiger partial charge in [-0.25, -0.2) is 0 Å². The molecule has 0 aliphatic rings. The van der Waals surface area contributed by atoms with Crippen LogP contribution in [0.2, 0.25) is 5.02 Å². The molecule has 6 heteroatoms. The number of rotatable bonds is 9. The van der Waals surface area contributed by atoms with Gasteiger partial charge in [-0.2, -0.15) is 0 Å². The first-order valence-electron chi connectivity index (χ1n) is 9.86. The monoisotopic (exact) mass is 423 g/mol. The highest BCUT2D eigenvalue weighted by Gasteiger charge is 2.13. The molecule has 0 spiro atoms. The number of para-hydroxylation sites is 2. The summed E-state index contributed by atoms with van der Waals surface area (Å²) < 4.78 is 13.4. The van der Waals surface area contributed by atoms with E-state index in [2.05, 4.69) is 0 Å². The van der Waals surface area contributed by atoms with Crippen LogP contribution in [0.3, 0.4) is 0 Å². The van der Waals surface area contributed by atoms with Crippen molar-refractivity contribution in [3.63, 3.8) is 0 Å². The summed E-state index contributed by atoms with van der Waals surface area (Å²) in [5, 5.41) is 12.0. The highest BCUT2D eigenvalue weighted by molar-refractivity contribution is 6.32. The zero-order chi connectivity index (χ0) is 20.9. The Balaban J connectivity index is 1.39. The van der Waals surface area contributed by atoms with E-state index in [-0.39, 0.29) is 6.54 Å². The minimum Gasteiger partial charge on any atom is -0.494 e. The molecule has 30 heavy (non-hydrogen) atoms. The van der Waals surface area contributed by atoms with E-state index in [1.807, 2.05) is 65.2 Å². The number of fused-ring (bicyclic) bond motifs is 3. The average Bonchev–Trinajstić information content (AvgIpc) is 3.04. The summed E-state index contributed by atoms with van der Waals surface area (Å²) in [7, 11) is 0. The lowest BCUT2D eigenvalue weighted by Crippen LogP contribution is -2.08. The first-order chi connectivity index (χ1) is 14.6. The van der Waals surface area contributed by atoms with Crippen LogP contribution in [-0.2, 0) is 11.3 Å². The molecular formula is C24H22ClNO4. The van der Waals surface area contributed by atoms with Crippen LogP contribution in [0, 0.1) is 0 Å². The van der Waals surface area contributed by atoms with Crippen molar-refractivity contribution in [2.75, 3.05) is 13.2 Å². The van der Waals surface area contributed by atoms with Gasteiger partial charge in [0.1, 0.15) is 18.0 Å². The Labute approximate surface area is 179 Å². The van der Waals surface area contributed by atoms with E-state index in [1.54, 1.807) is 6.07 Å². The average molecular weight is 424 g/mol. The van der Waals surface area contributed by atoms with Crippen LogP contribution >= 0.6 is 11.6 Å². The van der Waals surface area contributed by atoms with Gasteiger partial charge < -0.3 is 19.1 Å². The number of aromatic nitrogens is 1. The molecular weight excluding hydrogens is 402 g/mol. The minimum absolute atomic E-state index is 0.0904. The van der Waals surface area contributed by atoms with E-state index in [0.29, 0.717) is 24.0 Å². The molecule has 0 bridgehead atoms. The minimum atomic E-state index is -0.873. The summed E-state index contributed by atoms with van der Waals surface area (Å²) in [6.07, 6.45) is 1.67. The van der Waals surface area contributed by atoms with Gasteiger partial charge in [-0.05, 0) is 43.2 Å². The van der Waals surface area contributed by atoms with Gasteiger partial charge in [0, 0.05) is 22.4 Å². The van der Waals surface area contributed by atoms with E-state index in [0.717, 1.165) is 40.4 Å². The fourth-order valence-corrected chi connectivity index (χ4v) is 3.75. The van der Waals surface area contributed by atoms with Gasteiger partial charge in [0.05, 0.1) is 23.8 Å². The van der Waals surface area contributed by atoms with Gasteiger partial charge in [-0.1, -0.05) is 41.9 Å². The van der Waals surface area contributed by atoms with Crippen molar-refractivity contribution in [1.82, 2.24) is 4.57 Å². The molecule has 3 aromatic carbocycles. The molecule has 154 valence electrons. The van der Waals surface area contributed by atoms with E-state index >= 15 is 0 Å². The second kappa shape index (κ2) is 9.09. The Morgan fingerprint density at radius 1 is 0.867 bits per heavy atom. The Morgan fingerprint density at radius 2 is 1.57 bits per heavy atom. The second-order valence-electron chi connectivity index (χ2n) is 7.01. The molecule has 0 aliphatic heterocycles. The third kappa shape index (κ3) is 4.36. The summed E-state index contributed by atoms with van der Waals surface area (Å²) in [6, 6.07) is 21.1. The standard InChI is InChI=1S/C24H22ClNO4/c25-20-8-2-4-10-23(20)30-14-6-5-13-29-17-11-12-19-18-7-1-3-9-21(18)26(16-24(27)28)22(19)15-17/h1-4,7-12,15H,5-6,13-14,16H2,(H,27,28). The molecule has 5 nitrogen and oxygen atoms in total. The van der Waals surface area contributed by atoms with Crippen LogP contribution in [0.5, 0.6) is 11.5 Å². The smallest absolute Gasteiger partial charge is 0.323 e. The van der Waals surface area contributed by atoms with Gasteiger partial charge in [0.15, 0.2) is 0 Å². The number of nitrogens with zero attached hydrogens (tertiary/aromatic N) is 1. The third-order valence-electron chi connectivity index (χ3n) is 4.94. The van der Waals surface area contributed by atoms with Crippen molar-refractivity contribution >= 4 is 39.4 Å². The fraction of sp³-hybridized carbons (Fsp3) is 0.208. The van der Waals surface area contributed by atoms with Crippen molar-refractivity contribution in [1.29, 1.82) is 0 Å². The Morgan fingerprint density at radius 3 is 2.37 bits per heavy atom. The molecule has 1 heterocycles. The van der Waals surface area contributed by atoms with Crippen molar-refractivity contribution in [3.8, 4) is 11.5 Å². The number of carbonyl (C=O) groups is 1. The molecule has 0 fully saturated rings. The molecule has 0 unspecified atom stereocenters. The zero-order valence-electron chi connectivity index (χ0n) is 16.4. The van der Waals surface area contributed by atoms with Gasteiger partial charge in [0.25, 0.3) is 0 Å².